The standard InChI is InChI=1S/C18H19N3O2S/c1-21-12-13(11-20-21)17-8-7-14(24-17)9-10-19-18(22)15-5-3-4-6-16(15)23-2/h3-8,11-12H,9-10H2,1-2H3,(H,19,22). The number of nitrogens with zero attached hydrogens (tertiary/aromatic N) is 2. The summed E-state index contributed by atoms with van der Waals surface area (Å²) in [5, 5.41) is 7.14. The van der Waals surface area contributed by atoms with Gasteiger partial charge in [0.05, 0.1) is 18.9 Å². The van der Waals surface area contributed by atoms with Crippen molar-refractivity contribution in [1.29, 1.82) is 0 Å². The quantitative estimate of drug-likeness (QED) is 0.749. The number of hydrogen-bond acceptors (Lipinski definition) is 4. The summed E-state index contributed by atoms with van der Waals surface area (Å²) >= 11 is 1.73. The first-order chi connectivity index (χ1) is 11.7. The molecule has 1 aromatic carbocycles. The molecule has 5 nitrogen and oxygen atoms in total. The fourth-order valence-corrected chi connectivity index (χ4v) is 3.42. The summed E-state index contributed by atoms with van der Waals surface area (Å²) in [6.07, 6.45) is 4.66. The van der Waals surface area contributed by atoms with Crippen LogP contribution in [0.25, 0.3) is 10.4 Å². The maximum absolute atomic E-state index is 12.2. The summed E-state index contributed by atoms with van der Waals surface area (Å²) in [6, 6.07) is 11.4. The first-order valence-electron chi connectivity index (χ1n) is 7.66. The molecule has 0 atom stereocenters. The fraction of sp³-hybridized carbons (Fsp3) is 0.222. The van der Waals surface area contributed by atoms with Crippen LogP contribution >= 0.6 is 11.3 Å². The summed E-state index contributed by atoms with van der Waals surface area (Å²) < 4.78 is 7.01. The lowest BCUT2D eigenvalue weighted by Crippen LogP contribution is -2.25. The van der Waals surface area contributed by atoms with Gasteiger partial charge in [-0.2, -0.15) is 5.10 Å². The molecule has 1 N–H and O–H groups in total. The normalized spacial score (nSPS) is 10.6. The number of hydrogen-bond donors (Lipinski definition) is 1. The van der Waals surface area contributed by atoms with Gasteiger partial charge in [-0.3, -0.25) is 9.48 Å². The van der Waals surface area contributed by atoms with Gasteiger partial charge >= 0.3 is 0 Å². The van der Waals surface area contributed by atoms with Gasteiger partial charge in [0.15, 0.2) is 0 Å². The van der Waals surface area contributed by atoms with E-state index in [1.165, 1.54) is 9.75 Å². The van der Waals surface area contributed by atoms with Gasteiger partial charge in [0, 0.05) is 35.1 Å². The average Bonchev–Trinajstić information content (AvgIpc) is 3.23. The number of carbonyl (C=O) groups excluding carboxylic acids is 1. The number of para-hydroxylation sites is 1. The van der Waals surface area contributed by atoms with E-state index in [9.17, 15) is 4.79 Å². The molecule has 3 rings (SSSR count). The third-order valence-corrected chi connectivity index (χ3v) is 4.85. The van der Waals surface area contributed by atoms with Crippen molar-refractivity contribution in [1.82, 2.24) is 15.1 Å². The van der Waals surface area contributed by atoms with Gasteiger partial charge in [-0.15, -0.1) is 11.3 Å². The zero-order chi connectivity index (χ0) is 16.9. The molecule has 0 fully saturated rings. The minimum atomic E-state index is -0.114. The summed E-state index contributed by atoms with van der Waals surface area (Å²) in [5.74, 6) is 0.474. The molecule has 1 amide bonds. The summed E-state index contributed by atoms with van der Waals surface area (Å²) in [7, 11) is 3.48. The predicted octanol–water partition coefficient (Wildman–Crippen LogP) is 3.13. The largest absolute Gasteiger partial charge is 0.496 e. The SMILES string of the molecule is COc1ccccc1C(=O)NCCc1ccc(-c2cnn(C)c2)s1. The maximum Gasteiger partial charge on any atom is 0.255 e. The Morgan fingerprint density at radius 3 is 2.88 bits per heavy atom. The van der Waals surface area contributed by atoms with Crippen molar-refractivity contribution in [2.24, 2.45) is 7.05 Å². The van der Waals surface area contributed by atoms with Gasteiger partial charge in [0.1, 0.15) is 5.75 Å². The van der Waals surface area contributed by atoms with Crippen LogP contribution in [0.2, 0.25) is 0 Å². The van der Waals surface area contributed by atoms with E-state index in [0.717, 1.165) is 12.0 Å². The molecular formula is C18H19N3O2S. The lowest BCUT2D eigenvalue weighted by Gasteiger charge is -2.08. The topological polar surface area (TPSA) is 56.1 Å². The number of nitrogens with one attached hydrogen (secondary N) is 1. The minimum absolute atomic E-state index is 0.114. The van der Waals surface area contributed by atoms with E-state index in [1.54, 1.807) is 35.3 Å². The van der Waals surface area contributed by atoms with E-state index >= 15 is 0 Å². The molecule has 0 spiro atoms. The van der Waals surface area contributed by atoms with Crippen LogP contribution in [-0.4, -0.2) is 29.3 Å². The molecule has 0 unspecified atom stereocenters. The summed E-state index contributed by atoms with van der Waals surface area (Å²) in [6.45, 7) is 0.587. The Balaban J connectivity index is 1.57. The lowest BCUT2D eigenvalue weighted by atomic mass is 10.2. The van der Waals surface area contributed by atoms with Crippen LogP contribution in [0.5, 0.6) is 5.75 Å². The van der Waals surface area contributed by atoms with Crippen LogP contribution in [0.1, 0.15) is 15.2 Å². The third kappa shape index (κ3) is 3.65. The van der Waals surface area contributed by atoms with Crippen molar-refractivity contribution >= 4 is 17.2 Å². The zero-order valence-corrected chi connectivity index (χ0v) is 14.5. The molecule has 124 valence electrons. The number of rotatable bonds is 6. The van der Waals surface area contributed by atoms with E-state index in [0.29, 0.717) is 17.9 Å². The molecule has 0 saturated carbocycles. The van der Waals surface area contributed by atoms with Crippen LogP contribution in [0.4, 0.5) is 0 Å². The van der Waals surface area contributed by atoms with Crippen molar-refractivity contribution in [3.63, 3.8) is 0 Å². The van der Waals surface area contributed by atoms with Gasteiger partial charge in [-0.25, -0.2) is 0 Å². The number of thiophene rings is 1. The van der Waals surface area contributed by atoms with E-state index < -0.39 is 0 Å². The van der Waals surface area contributed by atoms with Crippen molar-refractivity contribution in [3.05, 3.63) is 59.2 Å². The number of aromatic nitrogens is 2. The Bertz CT molecular complexity index is 838. The molecule has 2 heterocycles. The highest BCUT2D eigenvalue weighted by atomic mass is 32.1. The molecular weight excluding hydrogens is 322 g/mol. The highest BCUT2D eigenvalue weighted by Crippen LogP contribution is 2.27. The summed E-state index contributed by atoms with van der Waals surface area (Å²) in [4.78, 5) is 14.7. The first kappa shape index (κ1) is 16.3. The van der Waals surface area contributed by atoms with Crippen LogP contribution in [0.15, 0.2) is 48.8 Å². The lowest BCUT2D eigenvalue weighted by molar-refractivity contribution is 0.0951. The Kier molecular flexibility index (Phi) is 4.96. The van der Waals surface area contributed by atoms with Gasteiger partial charge in [0.25, 0.3) is 5.91 Å². The highest BCUT2D eigenvalue weighted by molar-refractivity contribution is 7.15. The van der Waals surface area contributed by atoms with Gasteiger partial charge in [-0.1, -0.05) is 12.1 Å². The molecule has 0 aliphatic heterocycles. The van der Waals surface area contributed by atoms with Crippen molar-refractivity contribution in [2.75, 3.05) is 13.7 Å². The van der Waals surface area contributed by atoms with E-state index in [-0.39, 0.29) is 5.91 Å². The molecule has 3 aromatic rings. The number of methoxy groups -OCH3 is 1. The van der Waals surface area contributed by atoms with E-state index in [2.05, 4.69) is 22.5 Å². The number of aryl methyl sites for hydroxylation is 1. The van der Waals surface area contributed by atoms with Crippen molar-refractivity contribution in [2.45, 2.75) is 6.42 Å². The average molecular weight is 341 g/mol. The van der Waals surface area contributed by atoms with Gasteiger partial charge in [-0.05, 0) is 30.7 Å². The molecule has 6 heteroatoms. The predicted molar refractivity (Wildman–Crippen MR) is 95.6 cm³/mol. The number of benzene rings is 1. The maximum atomic E-state index is 12.2. The third-order valence-electron chi connectivity index (χ3n) is 3.66. The second kappa shape index (κ2) is 7.31. The fourth-order valence-electron chi connectivity index (χ4n) is 2.44. The Morgan fingerprint density at radius 1 is 1.29 bits per heavy atom. The number of amides is 1. The van der Waals surface area contributed by atoms with Crippen LogP contribution in [0.3, 0.4) is 0 Å². The molecule has 0 aliphatic rings. The van der Waals surface area contributed by atoms with Gasteiger partial charge < -0.3 is 10.1 Å². The van der Waals surface area contributed by atoms with Crippen LogP contribution in [0, 0.1) is 0 Å². The molecule has 2 aromatic heterocycles. The van der Waals surface area contributed by atoms with Crippen molar-refractivity contribution < 1.29 is 9.53 Å². The van der Waals surface area contributed by atoms with Gasteiger partial charge in [0.2, 0.25) is 0 Å². The number of ether oxygens (including phenoxy) is 1. The monoisotopic (exact) mass is 341 g/mol. The minimum Gasteiger partial charge on any atom is -0.496 e. The molecule has 0 saturated heterocycles. The first-order valence-corrected chi connectivity index (χ1v) is 8.48. The molecule has 24 heavy (non-hydrogen) atoms. The smallest absolute Gasteiger partial charge is 0.255 e. The second-order valence-electron chi connectivity index (χ2n) is 5.37. The zero-order valence-electron chi connectivity index (χ0n) is 13.7. The summed E-state index contributed by atoms with van der Waals surface area (Å²) in [5.41, 5.74) is 1.68. The molecule has 0 bridgehead atoms. The Labute approximate surface area is 144 Å². The van der Waals surface area contributed by atoms with E-state index in [4.69, 9.17) is 4.74 Å². The molecule has 0 aliphatic carbocycles. The highest BCUT2D eigenvalue weighted by Gasteiger charge is 2.11. The van der Waals surface area contributed by atoms with Crippen LogP contribution in [-0.2, 0) is 13.5 Å². The second-order valence-corrected chi connectivity index (χ2v) is 6.54. The van der Waals surface area contributed by atoms with Crippen LogP contribution < -0.4 is 10.1 Å². The number of carbonyl (C=O) groups is 1. The Morgan fingerprint density at radius 2 is 2.12 bits per heavy atom. The van der Waals surface area contributed by atoms with E-state index in [1.807, 2.05) is 31.6 Å². The molecule has 0 radical (unpaired) electrons. The van der Waals surface area contributed by atoms with Crippen molar-refractivity contribution in [3.8, 4) is 16.2 Å². The Hall–Kier alpha value is -2.60.